The lowest BCUT2D eigenvalue weighted by Gasteiger charge is -2.16. The van der Waals surface area contributed by atoms with Crippen LogP contribution in [0.5, 0.6) is 0 Å². The van der Waals surface area contributed by atoms with Crippen LogP contribution in [-0.2, 0) is 12.8 Å². The largest absolute Gasteiger partial charge is 0.306 e. The smallest absolute Gasteiger partial charge is 0.253 e. The summed E-state index contributed by atoms with van der Waals surface area (Å²) in [4.78, 5) is 18.8. The van der Waals surface area contributed by atoms with Crippen molar-refractivity contribution >= 4 is 11.0 Å². The molecule has 0 aliphatic heterocycles. The molecular formula is C12H12N2O. The molecule has 2 aromatic heterocycles. The Labute approximate surface area is 87.2 Å². The number of fused-ring (bicyclic) bond motifs is 3. The molecule has 0 radical (unpaired) electrons. The van der Waals surface area contributed by atoms with Crippen LogP contribution in [0.1, 0.15) is 24.0 Å². The van der Waals surface area contributed by atoms with Gasteiger partial charge in [0, 0.05) is 17.1 Å². The summed E-state index contributed by atoms with van der Waals surface area (Å²) in [6.07, 6.45) is 5.95. The fraction of sp³-hybridized carbons (Fsp3) is 0.333. The first-order valence-electron chi connectivity index (χ1n) is 5.35. The van der Waals surface area contributed by atoms with Gasteiger partial charge in [0.05, 0.1) is 0 Å². The number of hydrogen-bond acceptors (Lipinski definition) is 2. The summed E-state index contributed by atoms with van der Waals surface area (Å²) in [5.74, 6) is 0. The Morgan fingerprint density at radius 1 is 1.20 bits per heavy atom. The zero-order valence-corrected chi connectivity index (χ0v) is 8.42. The minimum atomic E-state index is 0.0518. The number of rotatable bonds is 0. The summed E-state index contributed by atoms with van der Waals surface area (Å²) in [6, 6.07) is 3.97. The molecule has 0 spiro atoms. The van der Waals surface area contributed by atoms with Crippen LogP contribution in [0.15, 0.2) is 23.1 Å². The maximum atomic E-state index is 11.8. The van der Waals surface area contributed by atoms with Gasteiger partial charge in [-0.05, 0) is 43.4 Å². The molecule has 3 nitrogen and oxygen atoms in total. The number of aromatic nitrogens is 2. The van der Waals surface area contributed by atoms with Crippen LogP contribution < -0.4 is 5.56 Å². The molecule has 15 heavy (non-hydrogen) atoms. The van der Waals surface area contributed by atoms with Gasteiger partial charge in [0.1, 0.15) is 5.65 Å². The Hall–Kier alpha value is -1.64. The summed E-state index contributed by atoms with van der Waals surface area (Å²) in [6.45, 7) is 0. The average molecular weight is 200 g/mol. The molecule has 76 valence electrons. The molecule has 0 atom stereocenters. The maximum Gasteiger partial charge on any atom is 0.253 e. The number of nitrogens with one attached hydrogen (secondary N) is 1. The van der Waals surface area contributed by atoms with Crippen molar-refractivity contribution in [2.45, 2.75) is 25.7 Å². The molecule has 0 fully saturated rings. The summed E-state index contributed by atoms with van der Waals surface area (Å²) >= 11 is 0. The molecular weight excluding hydrogens is 188 g/mol. The lowest BCUT2D eigenvalue weighted by Crippen LogP contribution is -2.19. The van der Waals surface area contributed by atoms with Crippen molar-refractivity contribution in [1.29, 1.82) is 0 Å². The summed E-state index contributed by atoms with van der Waals surface area (Å²) < 4.78 is 0. The Bertz CT molecular complexity index is 571. The van der Waals surface area contributed by atoms with E-state index in [-0.39, 0.29) is 5.56 Å². The summed E-state index contributed by atoms with van der Waals surface area (Å²) in [5, 5.41) is 1.12. The minimum Gasteiger partial charge on any atom is -0.306 e. The monoisotopic (exact) mass is 200 g/mol. The van der Waals surface area contributed by atoms with E-state index in [9.17, 15) is 4.79 Å². The van der Waals surface area contributed by atoms with Crippen LogP contribution in [0.3, 0.4) is 0 Å². The third kappa shape index (κ3) is 1.27. The fourth-order valence-corrected chi connectivity index (χ4v) is 2.38. The van der Waals surface area contributed by atoms with Crippen molar-refractivity contribution in [1.82, 2.24) is 9.97 Å². The Kier molecular flexibility index (Phi) is 1.84. The van der Waals surface area contributed by atoms with Crippen molar-refractivity contribution in [3.63, 3.8) is 0 Å². The molecule has 1 aliphatic carbocycles. The number of aromatic amines is 1. The Balaban J connectivity index is 2.44. The molecule has 0 unspecified atom stereocenters. The van der Waals surface area contributed by atoms with Crippen LogP contribution in [0.25, 0.3) is 11.0 Å². The molecule has 0 amide bonds. The molecule has 2 heterocycles. The van der Waals surface area contributed by atoms with Gasteiger partial charge in [0.25, 0.3) is 5.56 Å². The third-order valence-corrected chi connectivity index (χ3v) is 3.11. The predicted molar refractivity (Wildman–Crippen MR) is 59.0 cm³/mol. The molecule has 3 rings (SSSR count). The SMILES string of the molecule is O=c1[nH]c2ncccc2c2c1CCCC2. The van der Waals surface area contributed by atoms with Gasteiger partial charge >= 0.3 is 0 Å². The predicted octanol–water partition coefficient (Wildman–Crippen LogP) is 1.80. The number of H-pyrrole nitrogens is 1. The zero-order valence-electron chi connectivity index (χ0n) is 8.42. The second-order valence-corrected chi connectivity index (χ2v) is 4.02. The summed E-state index contributed by atoms with van der Waals surface area (Å²) in [7, 11) is 0. The number of hydrogen-bond donors (Lipinski definition) is 1. The highest BCUT2D eigenvalue weighted by molar-refractivity contribution is 5.79. The van der Waals surface area contributed by atoms with E-state index in [1.54, 1.807) is 6.20 Å². The van der Waals surface area contributed by atoms with Crippen molar-refractivity contribution in [3.05, 3.63) is 39.8 Å². The number of aryl methyl sites for hydroxylation is 1. The summed E-state index contributed by atoms with van der Waals surface area (Å²) in [5.41, 5.74) is 2.97. The minimum absolute atomic E-state index is 0.0518. The molecule has 1 aliphatic rings. The van der Waals surface area contributed by atoms with Crippen LogP contribution >= 0.6 is 0 Å². The second kappa shape index (κ2) is 3.19. The van der Waals surface area contributed by atoms with Crippen LogP contribution in [0.2, 0.25) is 0 Å². The first-order chi connectivity index (χ1) is 7.36. The zero-order chi connectivity index (χ0) is 10.3. The van der Waals surface area contributed by atoms with Gasteiger partial charge in [-0.3, -0.25) is 4.79 Å². The average Bonchev–Trinajstić information content (AvgIpc) is 2.30. The van der Waals surface area contributed by atoms with E-state index in [4.69, 9.17) is 0 Å². The maximum absolute atomic E-state index is 11.8. The first kappa shape index (κ1) is 8.65. The topological polar surface area (TPSA) is 45.8 Å². The fourth-order valence-electron chi connectivity index (χ4n) is 2.38. The van der Waals surface area contributed by atoms with Gasteiger partial charge in [-0.25, -0.2) is 4.98 Å². The lowest BCUT2D eigenvalue weighted by molar-refractivity contribution is 0.682. The van der Waals surface area contributed by atoms with Crippen molar-refractivity contribution < 1.29 is 0 Å². The Morgan fingerprint density at radius 2 is 2.00 bits per heavy atom. The van der Waals surface area contributed by atoms with Crippen LogP contribution in [0.4, 0.5) is 0 Å². The van der Waals surface area contributed by atoms with Gasteiger partial charge in [-0.15, -0.1) is 0 Å². The highest BCUT2D eigenvalue weighted by Crippen LogP contribution is 2.23. The highest BCUT2D eigenvalue weighted by Gasteiger charge is 2.15. The molecule has 0 saturated heterocycles. The van der Waals surface area contributed by atoms with E-state index < -0.39 is 0 Å². The van der Waals surface area contributed by atoms with Gasteiger partial charge in [-0.1, -0.05) is 0 Å². The van der Waals surface area contributed by atoms with Crippen molar-refractivity contribution in [3.8, 4) is 0 Å². The first-order valence-corrected chi connectivity index (χ1v) is 5.35. The van der Waals surface area contributed by atoms with Crippen LogP contribution in [0, 0.1) is 0 Å². The molecule has 3 heteroatoms. The highest BCUT2D eigenvalue weighted by atomic mass is 16.1. The van der Waals surface area contributed by atoms with E-state index in [2.05, 4.69) is 9.97 Å². The quantitative estimate of drug-likeness (QED) is 0.704. The van der Waals surface area contributed by atoms with Crippen molar-refractivity contribution in [2.75, 3.05) is 0 Å². The van der Waals surface area contributed by atoms with Gasteiger partial charge in [0.2, 0.25) is 0 Å². The van der Waals surface area contributed by atoms with E-state index in [0.717, 1.165) is 35.9 Å². The normalized spacial score (nSPS) is 15.2. The second-order valence-electron chi connectivity index (χ2n) is 4.02. The molecule has 0 bridgehead atoms. The standard InChI is InChI=1S/C12H12N2O/c15-12-10-5-2-1-4-8(10)9-6-3-7-13-11(9)14-12/h3,6-7H,1-2,4-5H2,(H,13,14,15). The molecule has 0 saturated carbocycles. The Morgan fingerprint density at radius 3 is 2.87 bits per heavy atom. The van der Waals surface area contributed by atoms with Gasteiger partial charge in [0.15, 0.2) is 0 Å². The third-order valence-electron chi connectivity index (χ3n) is 3.11. The van der Waals surface area contributed by atoms with Crippen LogP contribution in [-0.4, -0.2) is 9.97 Å². The van der Waals surface area contributed by atoms with E-state index >= 15 is 0 Å². The molecule has 1 N–H and O–H groups in total. The molecule has 2 aromatic rings. The van der Waals surface area contributed by atoms with Gasteiger partial charge < -0.3 is 4.98 Å². The van der Waals surface area contributed by atoms with Gasteiger partial charge in [-0.2, -0.15) is 0 Å². The van der Waals surface area contributed by atoms with E-state index in [1.165, 1.54) is 12.0 Å². The number of nitrogens with zero attached hydrogens (tertiary/aromatic N) is 1. The van der Waals surface area contributed by atoms with E-state index in [0.29, 0.717) is 0 Å². The number of pyridine rings is 2. The lowest BCUT2D eigenvalue weighted by atomic mass is 9.91. The van der Waals surface area contributed by atoms with Crippen molar-refractivity contribution in [2.24, 2.45) is 0 Å². The van der Waals surface area contributed by atoms with E-state index in [1.807, 2.05) is 12.1 Å². The molecule has 0 aromatic carbocycles.